The van der Waals surface area contributed by atoms with Gasteiger partial charge in [0.1, 0.15) is 5.82 Å². The molecule has 5 unspecified atom stereocenters. The summed E-state index contributed by atoms with van der Waals surface area (Å²) in [6, 6.07) is 5.31. The third kappa shape index (κ3) is 4.73. The largest absolute Gasteiger partial charge is 0.396 e. The molecule has 0 radical (unpaired) electrons. The fraction of sp³-hybridized carbons (Fsp3) is 0.577. The van der Waals surface area contributed by atoms with E-state index in [0.717, 1.165) is 10.6 Å². The van der Waals surface area contributed by atoms with Gasteiger partial charge in [-0.1, -0.05) is 13.8 Å². The normalized spacial score (nSPS) is 29.9. The van der Waals surface area contributed by atoms with Gasteiger partial charge in [-0.05, 0) is 68.7 Å². The maximum Gasteiger partial charge on any atom is 0.257 e. The third-order valence-electron chi connectivity index (χ3n) is 8.06. The number of rotatable bonds is 6. The minimum absolute atomic E-state index is 0.00559. The standard InChI is InChI=1S/C26H34FN3O4S/c1-14(2)28-21(33)11-17-22-18(12-19-25(17,3)10-9-20(32)26(19,4)13-31)35-24(29-22)30-23(34)15-5-7-16(27)8-6-15/h5-8,14,17,19-20,31-32H,9-13H2,1-4H3,(H,28,33)(H,29,30,34). The van der Waals surface area contributed by atoms with Crippen molar-refractivity contribution in [2.45, 2.75) is 71.4 Å². The highest BCUT2D eigenvalue weighted by Gasteiger charge is 2.59. The van der Waals surface area contributed by atoms with Gasteiger partial charge in [0.15, 0.2) is 5.13 Å². The molecule has 35 heavy (non-hydrogen) atoms. The molecular formula is C26H34FN3O4S. The van der Waals surface area contributed by atoms with Crippen molar-refractivity contribution < 1.29 is 24.2 Å². The maximum atomic E-state index is 13.2. The molecule has 0 aliphatic heterocycles. The zero-order chi connectivity index (χ0) is 25.5. The van der Waals surface area contributed by atoms with E-state index in [1.807, 2.05) is 20.8 Å². The molecule has 5 atom stereocenters. The number of aromatic nitrogens is 1. The summed E-state index contributed by atoms with van der Waals surface area (Å²) in [6.45, 7) is 7.75. The van der Waals surface area contributed by atoms with Crippen molar-refractivity contribution >= 4 is 28.3 Å². The van der Waals surface area contributed by atoms with Gasteiger partial charge in [-0.15, -0.1) is 11.3 Å². The van der Waals surface area contributed by atoms with Gasteiger partial charge in [0, 0.05) is 34.2 Å². The van der Waals surface area contributed by atoms with Crippen LogP contribution in [0.4, 0.5) is 9.52 Å². The summed E-state index contributed by atoms with van der Waals surface area (Å²) in [4.78, 5) is 31.4. The van der Waals surface area contributed by atoms with Crippen LogP contribution in [0, 0.1) is 22.6 Å². The summed E-state index contributed by atoms with van der Waals surface area (Å²) in [5, 5.41) is 27.4. The Bertz CT molecular complexity index is 1100. The quantitative estimate of drug-likeness (QED) is 0.478. The van der Waals surface area contributed by atoms with Crippen LogP contribution < -0.4 is 10.6 Å². The highest BCUT2D eigenvalue weighted by Crippen LogP contribution is 2.62. The number of aliphatic hydroxyl groups excluding tert-OH is 2. The molecule has 1 aromatic carbocycles. The number of thiazole rings is 1. The van der Waals surface area contributed by atoms with Crippen molar-refractivity contribution in [3.63, 3.8) is 0 Å². The lowest BCUT2D eigenvalue weighted by Gasteiger charge is -2.58. The van der Waals surface area contributed by atoms with Gasteiger partial charge in [0.2, 0.25) is 5.91 Å². The monoisotopic (exact) mass is 503 g/mol. The number of fused-ring (bicyclic) bond motifs is 2. The first-order chi connectivity index (χ1) is 16.5. The van der Waals surface area contributed by atoms with Crippen LogP contribution in [0.25, 0.3) is 0 Å². The molecule has 2 aromatic rings. The fourth-order valence-electron chi connectivity index (χ4n) is 6.04. The maximum absolute atomic E-state index is 13.2. The van der Waals surface area contributed by atoms with E-state index < -0.39 is 17.3 Å². The molecule has 1 aromatic heterocycles. The lowest BCUT2D eigenvalue weighted by molar-refractivity contribution is -0.144. The van der Waals surface area contributed by atoms with Crippen LogP contribution in [-0.2, 0) is 11.2 Å². The molecule has 190 valence electrons. The number of halogens is 1. The van der Waals surface area contributed by atoms with E-state index in [1.54, 1.807) is 0 Å². The van der Waals surface area contributed by atoms with Gasteiger partial charge in [0.25, 0.3) is 5.91 Å². The molecule has 2 amide bonds. The predicted octanol–water partition coefficient (Wildman–Crippen LogP) is 3.86. The van der Waals surface area contributed by atoms with Crippen LogP contribution in [-0.4, -0.2) is 45.8 Å². The van der Waals surface area contributed by atoms with Crippen LogP contribution in [0.2, 0.25) is 0 Å². The summed E-state index contributed by atoms with van der Waals surface area (Å²) in [6.07, 6.45) is 1.46. The highest BCUT2D eigenvalue weighted by atomic mass is 32.1. The minimum Gasteiger partial charge on any atom is -0.396 e. The summed E-state index contributed by atoms with van der Waals surface area (Å²) in [5.41, 5.74) is 0.0614. The van der Waals surface area contributed by atoms with E-state index in [4.69, 9.17) is 4.98 Å². The fourth-order valence-corrected chi connectivity index (χ4v) is 7.10. The van der Waals surface area contributed by atoms with Crippen LogP contribution in [0.1, 0.15) is 73.8 Å². The first-order valence-electron chi connectivity index (χ1n) is 12.1. The molecule has 2 aliphatic carbocycles. The van der Waals surface area contributed by atoms with Crippen LogP contribution in [0.15, 0.2) is 24.3 Å². The number of benzene rings is 1. The Morgan fingerprint density at radius 2 is 1.94 bits per heavy atom. The molecular weight excluding hydrogens is 469 g/mol. The van der Waals surface area contributed by atoms with Gasteiger partial charge in [-0.3, -0.25) is 14.9 Å². The van der Waals surface area contributed by atoms with E-state index in [0.29, 0.717) is 30.0 Å². The number of nitrogens with one attached hydrogen (secondary N) is 2. The van der Waals surface area contributed by atoms with Crippen molar-refractivity contribution in [1.82, 2.24) is 10.3 Å². The van der Waals surface area contributed by atoms with E-state index in [9.17, 15) is 24.2 Å². The van der Waals surface area contributed by atoms with Gasteiger partial charge in [-0.25, -0.2) is 9.37 Å². The number of hydrogen-bond donors (Lipinski definition) is 4. The second kappa shape index (κ2) is 9.59. The van der Waals surface area contributed by atoms with Gasteiger partial charge in [0.05, 0.1) is 18.4 Å². The third-order valence-corrected chi connectivity index (χ3v) is 9.07. The Morgan fingerprint density at radius 3 is 2.57 bits per heavy atom. The van der Waals surface area contributed by atoms with Gasteiger partial charge >= 0.3 is 0 Å². The summed E-state index contributed by atoms with van der Waals surface area (Å²) in [7, 11) is 0. The molecule has 0 spiro atoms. The number of carbonyl (C=O) groups is 2. The van der Waals surface area contributed by atoms with Crippen molar-refractivity contribution in [3.05, 3.63) is 46.2 Å². The lowest BCUT2D eigenvalue weighted by atomic mass is 9.47. The predicted molar refractivity (Wildman–Crippen MR) is 133 cm³/mol. The topological polar surface area (TPSA) is 112 Å². The Morgan fingerprint density at radius 1 is 1.26 bits per heavy atom. The number of aliphatic hydroxyl groups is 2. The number of carbonyl (C=O) groups excluding carboxylic acids is 2. The Balaban J connectivity index is 1.70. The van der Waals surface area contributed by atoms with Crippen molar-refractivity contribution in [1.29, 1.82) is 0 Å². The molecule has 4 rings (SSSR count). The lowest BCUT2D eigenvalue weighted by Crippen LogP contribution is -2.57. The van der Waals surface area contributed by atoms with E-state index >= 15 is 0 Å². The summed E-state index contributed by atoms with van der Waals surface area (Å²) >= 11 is 1.36. The van der Waals surface area contributed by atoms with E-state index in [1.165, 1.54) is 35.6 Å². The van der Waals surface area contributed by atoms with E-state index in [2.05, 4.69) is 17.6 Å². The number of amides is 2. The minimum atomic E-state index is -0.709. The van der Waals surface area contributed by atoms with Crippen molar-refractivity contribution in [2.24, 2.45) is 16.7 Å². The number of nitrogens with zero attached hydrogens (tertiary/aromatic N) is 1. The summed E-state index contributed by atoms with van der Waals surface area (Å²) < 4.78 is 13.2. The summed E-state index contributed by atoms with van der Waals surface area (Å²) in [5.74, 6) is -1.15. The Labute approximate surface area is 209 Å². The van der Waals surface area contributed by atoms with Gasteiger partial charge < -0.3 is 15.5 Å². The molecule has 9 heteroatoms. The highest BCUT2D eigenvalue weighted by molar-refractivity contribution is 7.15. The molecule has 1 fully saturated rings. The molecule has 0 bridgehead atoms. The molecule has 4 N–H and O–H groups in total. The van der Waals surface area contributed by atoms with Crippen LogP contribution in [0.5, 0.6) is 0 Å². The zero-order valence-corrected chi connectivity index (χ0v) is 21.4. The molecule has 2 aliphatic rings. The van der Waals surface area contributed by atoms with Gasteiger partial charge in [-0.2, -0.15) is 0 Å². The smallest absolute Gasteiger partial charge is 0.257 e. The average molecular weight is 504 g/mol. The zero-order valence-electron chi connectivity index (χ0n) is 20.6. The van der Waals surface area contributed by atoms with Crippen molar-refractivity contribution in [2.75, 3.05) is 11.9 Å². The molecule has 1 saturated carbocycles. The Hall–Kier alpha value is -2.36. The van der Waals surface area contributed by atoms with Crippen molar-refractivity contribution in [3.8, 4) is 0 Å². The molecule has 1 heterocycles. The second-order valence-electron chi connectivity index (χ2n) is 10.7. The average Bonchev–Trinajstić information content (AvgIpc) is 3.20. The van der Waals surface area contributed by atoms with E-state index in [-0.39, 0.29) is 48.1 Å². The molecule has 0 saturated heterocycles. The first-order valence-corrected chi connectivity index (χ1v) is 12.9. The van der Waals surface area contributed by atoms with Crippen LogP contribution in [0.3, 0.4) is 0 Å². The SMILES string of the molecule is CC(C)NC(=O)CC1c2nc(NC(=O)c3ccc(F)cc3)sc2CC2C(C)(CO)C(O)CCC12C. The first kappa shape index (κ1) is 25.7. The number of hydrogen-bond acceptors (Lipinski definition) is 6. The Kier molecular flexibility index (Phi) is 7.05. The second-order valence-corrected chi connectivity index (χ2v) is 11.8. The number of anilines is 1. The molecule has 7 nitrogen and oxygen atoms in total. The van der Waals surface area contributed by atoms with Crippen LogP contribution >= 0.6 is 11.3 Å².